The smallest absolute Gasteiger partial charge is 0.250 e. The monoisotopic (exact) mass is 219 g/mol. The van der Waals surface area contributed by atoms with Crippen LogP contribution in [0.5, 0.6) is 0 Å². The topological polar surface area (TPSA) is 22.0 Å². The van der Waals surface area contributed by atoms with Crippen molar-refractivity contribution in [1.82, 2.24) is 4.57 Å². The van der Waals surface area contributed by atoms with Gasteiger partial charge >= 0.3 is 0 Å². The molecule has 0 aliphatic heterocycles. The SMILES string of the molecule is O=c1ccc(Cl)cn1CCCCCl. The van der Waals surface area contributed by atoms with E-state index in [-0.39, 0.29) is 5.56 Å². The van der Waals surface area contributed by atoms with Crippen LogP contribution in [-0.2, 0) is 6.54 Å². The van der Waals surface area contributed by atoms with Crippen LogP contribution < -0.4 is 5.56 Å². The first-order valence-corrected chi connectivity index (χ1v) is 5.07. The second-order valence-corrected chi connectivity index (χ2v) is 3.59. The van der Waals surface area contributed by atoms with Crippen molar-refractivity contribution in [2.75, 3.05) is 5.88 Å². The van der Waals surface area contributed by atoms with Gasteiger partial charge in [0.05, 0.1) is 5.02 Å². The van der Waals surface area contributed by atoms with Crippen molar-refractivity contribution in [1.29, 1.82) is 0 Å². The lowest BCUT2D eigenvalue weighted by molar-refractivity contribution is 0.615. The summed E-state index contributed by atoms with van der Waals surface area (Å²) in [4.78, 5) is 11.2. The number of nitrogens with zero attached hydrogens (tertiary/aromatic N) is 1. The van der Waals surface area contributed by atoms with E-state index in [4.69, 9.17) is 23.2 Å². The van der Waals surface area contributed by atoms with Crippen LogP contribution in [0.15, 0.2) is 23.1 Å². The van der Waals surface area contributed by atoms with Gasteiger partial charge in [0.1, 0.15) is 0 Å². The predicted molar refractivity (Wildman–Crippen MR) is 55.7 cm³/mol. The fraction of sp³-hybridized carbons (Fsp3) is 0.444. The molecule has 0 spiro atoms. The van der Waals surface area contributed by atoms with Crippen molar-refractivity contribution >= 4 is 23.2 Å². The molecule has 0 saturated carbocycles. The quantitative estimate of drug-likeness (QED) is 0.564. The molecule has 2 nitrogen and oxygen atoms in total. The Balaban J connectivity index is 2.65. The Bertz CT molecular complexity index is 322. The van der Waals surface area contributed by atoms with Crippen LogP contribution >= 0.6 is 23.2 Å². The maximum Gasteiger partial charge on any atom is 0.250 e. The average molecular weight is 220 g/mol. The summed E-state index contributed by atoms with van der Waals surface area (Å²) in [5.74, 6) is 0.634. The van der Waals surface area contributed by atoms with E-state index < -0.39 is 0 Å². The van der Waals surface area contributed by atoms with E-state index in [0.29, 0.717) is 17.4 Å². The fourth-order valence-electron chi connectivity index (χ4n) is 1.05. The normalized spacial score (nSPS) is 10.3. The van der Waals surface area contributed by atoms with Crippen LogP contribution in [0.1, 0.15) is 12.8 Å². The van der Waals surface area contributed by atoms with E-state index in [0.717, 1.165) is 12.8 Å². The van der Waals surface area contributed by atoms with E-state index in [1.807, 2.05) is 0 Å². The van der Waals surface area contributed by atoms with Crippen LogP contribution in [0.2, 0.25) is 5.02 Å². The Morgan fingerprint density at radius 1 is 1.31 bits per heavy atom. The van der Waals surface area contributed by atoms with Gasteiger partial charge in [-0.2, -0.15) is 0 Å². The molecule has 13 heavy (non-hydrogen) atoms. The van der Waals surface area contributed by atoms with Crippen LogP contribution in [0.4, 0.5) is 0 Å². The highest BCUT2D eigenvalue weighted by Gasteiger charge is 1.96. The lowest BCUT2D eigenvalue weighted by Crippen LogP contribution is -2.18. The Morgan fingerprint density at radius 3 is 2.77 bits per heavy atom. The van der Waals surface area contributed by atoms with Crippen molar-refractivity contribution in [3.05, 3.63) is 33.7 Å². The van der Waals surface area contributed by atoms with Gasteiger partial charge in [-0.25, -0.2) is 0 Å². The van der Waals surface area contributed by atoms with E-state index in [1.54, 1.807) is 16.8 Å². The third-order valence-electron chi connectivity index (χ3n) is 1.73. The van der Waals surface area contributed by atoms with Gasteiger partial charge in [-0.15, -0.1) is 11.6 Å². The lowest BCUT2D eigenvalue weighted by atomic mass is 10.3. The van der Waals surface area contributed by atoms with Gasteiger partial charge < -0.3 is 4.57 Å². The second kappa shape index (κ2) is 5.30. The summed E-state index contributed by atoms with van der Waals surface area (Å²) < 4.78 is 1.61. The summed E-state index contributed by atoms with van der Waals surface area (Å²) in [6.07, 6.45) is 3.47. The maximum atomic E-state index is 11.2. The highest BCUT2D eigenvalue weighted by Crippen LogP contribution is 2.04. The standard InChI is InChI=1S/C9H11Cl2NO/c10-5-1-2-6-12-7-8(11)3-4-9(12)13/h3-4,7H,1-2,5-6H2. The van der Waals surface area contributed by atoms with E-state index in [2.05, 4.69) is 0 Å². The largest absolute Gasteiger partial charge is 0.314 e. The van der Waals surface area contributed by atoms with Gasteiger partial charge in [0, 0.05) is 24.7 Å². The second-order valence-electron chi connectivity index (χ2n) is 2.78. The molecule has 1 aromatic rings. The number of rotatable bonds is 4. The Hall–Kier alpha value is -0.470. The molecule has 0 aliphatic carbocycles. The highest BCUT2D eigenvalue weighted by molar-refractivity contribution is 6.30. The molecule has 1 aromatic heterocycles. The summed E-state index contributed by atoms with van der Waals surface area (Å²) >= 11 is 11.3. The molecular formula is C9H11Cl2NO. The maximum absolute atomic E-state index is 11.2. The number of alkyl halides is 1. The molecule has 4 heteroatoms. The summed E-state index contributed by atoms with van der Waals surface area (Å²) in [5, 5.41) is 0.588. The Morgan fingerprint density at radius 2 is 2.08 bits per heavy atom. The van der Waals surface area contributed by atoms with Crippen molar-refractivity contribution in [2.24, 2.45) is 0 Å². The third-order valence-corrected chi connectivity index (χ3v) is 2.22. The van der Waals surface area contributed by atoms with Crippen LogP contribution in [-0.4, -0.2) is 10.4 Å². The summed E-state index contributed by atoms with van der Waals surface area (Å²) in [7, 11) is 0. The number of hydrogen-bond donors (Lipinski definition) is 0. The molecule has 0 atom stereocenters. The lowest BCUT2D eigenvalue weighted by Gasteiger charge is -2.03. The highest BCUT2D eigenvalue weighted by atomic mass is 35.5. The minimum absolute atomic E-state index is 0.0148. The van der Waals surface area contributed by atoms with Gasteiger partial charge in [0.25, 0.3) is 5.56 Å². The zero-order chi connectivity index (χ0) is 9.68. The molecule has 72 valence electrons. The molecule has 0 N–H and O–H groups in total. The minimum atomic E-state index is -0.0148. The number of unbranched alkanes of at least 4 members (excludes halogenated alkanes) is 1. The molecule has 0 unspecified atom stereocenters. The number of halogens is 2. The molecule has 0 aromatic carbocycles. The Labute approximate surface area is 87.1 Å². The average Bonchev–Trinajstić information content (AvgIpc) is 2.11. The molecule has 0 radical (unpaired) electrons. The fourth-order valence-corrected chi connectivity index (χ4v) is 1.42. The molecule has 1 rings (SSSR count). The van der Waals surface area contributed by atoms with Gasteiger partial charge in [-0.3, -0.25) is 4.79 Å². The Kier molecular flexibility index (Phi) is 4.33. The van der Waals surface area contributed by atoms with Crippen molar-refractivity contribution in [3.8, 4) is 0 Å². The molecular weight excluding hydrogens is 209 g/mol. The van der Waals surface area contributed by atoms with E-state index in [1.165, 1.54) is 6.07 Å². The van der Waals surface area contributed by atoms with Gasteiger partial charge in [-0.1, -0.05) is 11.6 Å². The summed E-state index contributed by atoms with van der Waals surface area (Å²) in [6, 6.07) is 3.07. The molecule has 0 aliphatic rings. The summed E-state index contributed by atoms with van der Waals surface area (Å²) in [5.41, 5.74) is -0.0148. The summed E-state index contributed by atoms with van der Waals surface area (Å²) in [6.45, 7) is 0.687. The van der Waals surface area contributed by atoms with Crippen molar-refractivity contribution in [3.63, 3.8) is 0 Å². The van der Waals surface area contributed by atoms with Gasteiger partial charge in [-0.05, 0) is 18.9 Å². The minimum Gasteiger partial charge on any atom is -0.314 e. The van der Waals surface area contributed by atoms with E-state index in [9.17, 15) is 4.79 Å². The first-order chi connectivity index (χ1) is 6.24. The first-order valence-electron chi connectivity index (χ1n) is 4.16. The number of hydrogen-bond acceptors (Lipinski definition) is 1. The molecule has 0 bridgehead atoms. The molecule has 0 fully saturated rings. The number of aryl methyl sites for hydroxylation is 1. The van der Waals surface area contributed by atoms with Gasteiger partial charge in [0.2, 0.25) is 0 Å². The van der Waals surface area contributed by atoms with Crippen LogP contribution in [0, 0.1) is 0 Å². The zero-order valence-corrected chi connectivity index (χ0v) is 8.68. The first kappa shape index (κ1) is 10.6. The number of pyridine rings is 1. The zero-order valence-electron chi connectivity index (χ0n) is 7.17. The van der Waals surface area contributed by atoms with Crippen LogP contribution in [0.25, 0.3) is 0 Å². The predicted octanol–water partition coefficient (Wildman–Crippen LogP) is 2.52. The molecule has 1 heterocycles. The van der Waals surface area contributed by atoms with Gasteiger partial charge in [0.15, 0.2) is 0 Å². The molecule has 0 amide bonds. The van der Waals surface area contributed by atoms with Crippen LogP contribution in [0.3, 0.4) is 0 Å². The van der Waals surface area contributed by atoms with Crippen molar-refractivity contribution in [2.45, 2.75) is 19.4 Å². The van der Waals surface area contributed by atoms with Crippen molar-refractivity contribution < 1.29 is 0 Å². The van der Waals surface area contributed by atoms with E-state index >= 15 is 0 Å². The molecule has 0 saturated heterocycles. The third kappa shape index (κ3) is 3.41. The number of aromatic nitrogens is 1.